The molecule has 0 amide bonds. The minimum absolute atomic E-state index is 0.0476. The maximum Gasteiger partial charge on any atom is 0.196 e. The third-order valence-electron chi connectivity index (χ3n) is 4.22. The lowest BCUT2D eigenvalue weighted by molar-refractivity contribution is -0.112. The molecular weight excluding hydrogens is 457 g/mol. The van der Waals surface area contributed by atoms with Crippen LogP contribution in [0, 0.1) is 11.3 Å². The topological polar surface area (TPSA) is 107 Å². The van der Waals surface area contributed by atoms with E-state index in [9.17, 15) is 10.1 Å². The predicted octanol–water partition coefficient (Wildman–Crippen LogP) is 4.67. The molecular formula is C21H17Cl2N5O2S. The molecule has 0 aliphatic heterocycles. The van der Waals surface area contributed by atoms with E-state index in [1.54, 1.807) is 48.1 Å². The molecule has 1 heterocycles. The zero-order valence-corrected chi connectivity index (χ0v) is 18.9. The molecule has 2 aromatic carbocycles. The number of rotatable bonds is 7. The highest BCUT2D eigenvalue weighted by molar-refractivity contribution is 7.99. The second-order valence-corrected chi connectivity index (χ2v) is 8.17. The van der Waals surface area contributed by atoms with Crippen LogP contribution in [0.2, 0.25) is 10.0 Å². The Morgan fingerprint density at radius 2 is 1.97 bits per heavy atom. The molecule has 0 aliphatic carbocycles. The number of hydrogen-bond donors (Lipinski definition) is 1. The minimum atomic E-state index is -0.399. The number of nitrogens with two attached hydrogens (primary N) is 1. The number of ether oxygens (including phenoxy) is 1. The monoisotopic (exact) mass is 473 g/mol. The first kappa shape index (κ1) is 22.7. The van der Waals surface area contributed by atoms with Crippen molar-refractivity contribution in [3.8, 4) is 28.9 Å². The number of halogens is 2. The summed E-state index contributed by atoms with van der Waals surface area (Å²) in [5.74, 6) is 0.582. The number of aromatic nitrogens is 3. The Balaban J connectivity index is 2.11. The minimum Gasteiger partial charge on any atom is -0.495 e. The largest absolute Gasteiger partial charge is 0.495 e. The molecule has 0 spiro atoms. The van der Waals surface area contributed by atoms with Gasteiger partial charge in [-0.2, -0.15) is 5.26 Å². The lowest BCUT2D eigenvalue weighted by Gasteiger charge is -2.14. The Hall–Kier alpha value is -2.99. The van der Waals surface area contributed by atoms with E-state index < -0.39 is 5.78 Å². The van der Waals surface area contributed by atoms with E-state index in [1.807, 2.05) is 12.1 Å². The number of Topliss-reactive ketones (excluding diaryl/α,β-unsaturated/α-hetero) is 1. The molecule has 7 nitrogen and oxygen atoms in total. The van der Waals surface area contributed by atoms with Crippen molar-refractivity contribution >= 4 is 40.7 Å². The lowest BCUT2D eigenvalue weighted by atomic mass is 10.2. The highest BCUT2D eigenvalue weighted by atomic mass is 35.5. The van der Waals surface area contributed by atoms with Crippen molar-refractivity contribution in [1.82, 2.24) is 14.8 Å². The summed E-state index contributed by atoms with van der Waals surface area (Å²) in [6.07, 6.45) is 0. The second kappa shape index (κ2) is 9.88. The van der Waals surface area contributed by atoms with Crippen LogP contribution in [0.1, 0.15) is 6.92 Å². The fraction of sp³-hybridized carbons (Fsp3) is 0.143. The first-order chi connectivity index (χ1) is 14.8. The van der Waals surface area contributed by atoms with Crippen molar-refractivity contribution in [1.29, 1.82) is 5.26 Å². The highest BCUT2D eigenvalue weighted by Crippen LogP contribution is 2.35. The number of carbonyl (C=O) groups excluding carboxylic acids is 1. The zero-order chi connectivity index (χ0) is 22.5. The van der Waals surface area contributed by atoms with Crippen molar-refractivity contribution in [3.63, 3.8) is 0 Å². The van der Waals surface area contributed by atoms with Gasteiger partial charge in [0.2, 0.25) is 0 Å². The number of thioether (sulfide) groups is 1. The number of hydrogen-bond acceptors (Lipinski definition) is 7. The number of ketones is 1. The summed E-state index contributed by atoms with van der Waals surface area (Å²) in [6, 6.07) is 14.2. The average molecular weight is 474 g/mol. The zero-order valence-electron chi connectivity index (χ0n) is 16.6. The van der Waals surface area contributed by atoms with Crippen molar-refractivity contribution in [3.05, 3.63) is 63.8 Å². The molecule has 3 rings (SSSR count). The van der Waals surface area contributed by atoms with Crippen molar-refractivity contribution in [2.24, 2.45) is 5.73 Å². The standard InChI is InChI=1S/C21H17Cl2N5O2S/c1-12(25)16(10-24)18(29)11-31-21-27-26-20(13-4-3-5-14(22)8-13)28(21)17-9-15(23)6-7-19(17)30-2/h3-9H,11,25H2,1-2H3/b16-12+. The number of allylic oxidation sites excluding steroid dienone is 2. The van der Waals surface area contributed by atoms with Gasteiger partial charge in [0.05, 0.1) is 18.6 Å². The SMILES string of the molecule is COc1ccc(Cl)cc1-n1c(SCC(=O)/C(C#N)=C(\C)N)nnc1-c1cccc(Cl)c1. The summed E-state index contributed by atoms with van der Waals surface area (Å²) >= 11 is 13.5. The summed E-state index contributed by atoms with van der Waals surface area (Å²) in [4.78, 5) is 12.4. The van der Waals surface area contributed by atoms with Crippen LogP contribution in [-0.2, 0) is 4.79 Å². The van der Waals surface area contributed by atoms with Gasteiger partial charge >= 0.3 is 0 Å². The van der Waals surface area contributed by atoms with Gasteiger partial charge in [0.25, 0.3) is 0 Å². The first-order valence-electron chi connectivity index (χ1n) is 8.93. The molecule has 0 atom stereocenters. The molecule has 10 heteroatoms. The van der Waals surface area contributed by atoms with Crippen LogP contribution in [0.4, 0.5) is 0 Å². The molecule has 31 heavy (non-hydrogen) atoms. The van der Waals surface area contributed by atoms with Gasteiger partial charge in [0, 0.05) is 21.3 Å². The van der Waals surface area contributed by atoms with Crippen molar-refractivity contribution in [2.45, 2.75) is 12.1 Å². The molecule has 0 saturated carbocycles. The Morgan fingerprint density at radius 1 is 1.23 bits per heavy atom. The Bertz CT molecular complexity index is 1210. The molecule has 0 radical (unpaired) electrons. The van der Waals surface area contributed by atoms with E-state index >= 15 is 0 Å². The normalized spacial score (nSPS) is 11.6. The number of benzene rings is 2. The first-order valence-corrected chi connectivity index (χ1v) is 10.7. The maximum atomic E-state index is 12.4. The van der Waals surface area contributed by atoms with Gasteiger partial charge in [-0.1, -0.05) is 47.1 Å². The summed E-state index contributed by atoms with van der Waals surface area (Å²) in [7, 11) is 1.54. The highest BCUT2D eigenvalue weighted by Gasteiger charge is 2.21. The molecule has 158 valence electrons. The maximum absolute atomic E-state index is 12.4. The van der Waals surface area contributed by atoms with Gasteiger partial charge < -0.3 is 10.5 Å². The molecule has 0 saturated heterocycles. The number of nitrogens with zero attached hydrogens (tertiary/aromatic N) is 4. The summed E-state index contributed by atoms with van der Waals surface area (Å²) < 4.78 is 7.24. The van der Waals surface area contributed by atoms with E-state index in [2.05, 4.69) is 10.2 Å². The molecule has 0 aliphatic rings. The van der Waals surface area contributed by atoms with Crippen molar-refractivity contribution in [2.75, 3.05) is 12.9 Å². The third kappa shape index (κ3) is 5.02. The van der Waals surface area contributed by atoms with Crippen LogP contribution in [0.3, 0.4) is 0 Å². The van der Waals surface area contributed by atoms with E-state index in [4.69, 9.17) is 33.7 Å². The van der Waals surface area contributed by atoms with Crippen molar-refractivity contribution < 1.29 is 9.53 Å². The third-order valence-corrected chi connectivity index (χ3v) is 5.61. The quantitative estimate of drug-likeness (QED) is 0.301. The second-order valence-electron chi connectivity index (χ2n) is 6.35. The molecule has 0 fully saturated rings. The summed E-state index contributed by atoms with van der Waals surface area (Å²) in [5, 5.41) is 19.2. The summed E-state index contributed by atoms with van der Waals surface area (Å²) in [5.41, 5.74) is 7.05. The van der Waals surface area contributed by atoms with Crippen LogP contribution in [0.15, 0.2) is 58.9 Å². The number of nitriles is 1. The van der Waals surface area contributed by atoms with Gasteiger partial charge in [-0.05, 0) is 37.3 Å². The van der Waals surface area contributed by atoms with Crippen LogP contribution in [0.5, 0.6) is 5.75 Å². The van der Waals surface area contributed by atoms with Crippen LogP contribution in [0.25, 0.3) is 17.1 Å². The van der Waals surface area contributed by atoms with Gasteiger partial charge in [-0.3, -0.25) is 9.36 Å². The van der Waals surface area contributed by atoms with E-state index in [1.165, 1.54) is 6.92 Å². The summed E-state index contributed by atoms with van der Waals surface area (Å²) in [6.45, 7) is 1.51. The van der Waals surface area contributed by atoms with E-state index in [0.717, 1.165) is 17.3 Å². The van der Waals surface area contributed by atoms with Gasteiger partial charge in [-0.25, -0.2) is 0 Å². The van der Waals surface area contributed by atoms with Crippen LogP contribution < -0.4 is 10.5 Å². The number of methoxy groups -OCH3 is 1. The van der Waals surface area contributed by atoms with Gasteiger partial charge in [-0.15, -0.1) is 10.2 Å². The van der Waals surface area contributed by atoms with E-state index in [-0.39, 0.29) is 17.0 Å². The van der Waals surface area contributed by atoms with E-state index in [0.29, 0.717) is 32.5 Å². The van der Waals surface area contributed by atoms with Gasteiger partial charge in [0.1, 0.15) is 17.4 Å². The lowest BCUT2D eigenvalue weighted by Crippen LogP contribution is -2.11. The Morgan fingerprint density at radius 3 is 2.61 bits per heavy atom. The Kier molecular flexibility index (Phi) is 7.23. The average Bonchev–Trinajstić information content (AvgIpc) is 3.16. The molecule has 3 aromatic rings. The Labute approximate surface area is 193 Å². The van der Waals surface area contributed by atoms with Crippen LogP contribution in [-0.4, -0.2) is 33.4 Å². The fourth-order valence-electron chi connectivity index (χ4n) is 2.81. The molecule has 2 N–H and O–H groups in total. The fourth-order valence-corrected chi connectivity index (χ4v) is 3.98. The molecule has 0 bridgehead atoms. The van der Waals surface area contributed by atoms with Gasteiger partial charge in [0.15, 0.2) is 16.8 Å². The van der Waals surface area contributed by atoms with Crippen LogP contribution >= 0.6 is 35.0 Å². The smallest absolute Gasteiger partial charge is 0.196 e. The predicted molar refractivity (Wildman–Crippen MR) is 122 cm³/mol. The molecule has 0 unspecified atom stereocenters. The molecule has 1 aromatic heterocycles. The number of carbonyl (C=O) groups is 1.